The van der Waals surface area contributed by atoms with Gasteiger partial charge < -0.3 is 11.1 Å². The Morgan fingerprint density at radius 3 is 2.43 bits per heavy atom. The van der Waals surface area contributed by atoms with Crippen molar-refractivity contribution >= 4 is 30.1 Å². The summed E-state index contributed by atoms with van der Waals surface area (Å²) in [5, 5.41) is 2.82. The zero-order valence-electron chi connectivity index (χ0n) is 9.13. The average molecular weight is 241 g/mol. The second-order valence-corrected chi connectivity index (χ2v) is 5.70. The minimum absolute atomic E-state index is 0. The minimum atomic E-state index is 0. The molecule has 0 aromatic rings. The van der Waals surface area contributed by atoms with Gasteiger partial charge in [-0.05, 0) is 13.0 Å². The number of carbonyl (C=O) groups excluding carboxylic acids is 1. The van der Waals surface area contributed by atoms with Crippen LogP contribution in [0.4, 0.5) is 0 Å². The van der Waals surface area contributed by atoms with E-state index in [1.54, 1.807) is 11.8 Å². The number of carbonyl (C=O) groups is 1. The zero-order chi connectivity index (χ0) is 10.3. The van der Waals surface area contributed by atoms with Crippen LogP contribution in [0.1, 0.15) is 27.2 Å². The fourth-order valence-electron chi connectivity index (χ4n) is 0.663. The second-order valence-electron chi connectivity index (χ2n) is 3.89. The normalized spacial score (nSPS) is 10.6. The van der Waals surface area contributed by atoms with Gasteiger partial charge in [-0.2, -0.15) is 0 Å². The van der Waals surface area contributed by atoms with E-state index in [2.05, 4.69) is 26.1 Å². The molecule has 0 aliphatic carbocycles. The van der Waals surface area contributed by atoms with Gasteiger partial charge >= 0.3 is 0 Å². The van der Waals surface area contributed by atoms with Crippen molar-refractivity contribution < 1.29 is 4.79 Å². The Morgan fingerprint density at radius 1 is 1.43 bits per heavy atom. The Kier molecular flexibility index (Phi) is 9.88. The Hall–Kier alpha value is 0.0700. The topological polar surface area (TPSA) is 55.1 Å². The molecule has 1 amide bonds. The van der Waals surface area contributed by atoms with Gasteiger partial charge in [0.15, 0.2) is 0 Å². The summed E-state index contributed by atoms with van der Waals surface area (Å²) in [6.45, 7) is 7.63. The van der Waals surface area contributed by atoms with Crippen molar-refractivity contribution in [3.63, 3.8) is 0 Å². The first-order valence-electron chi connectivity index (χ1n) is 4.56. The maximum Gasteiger partial charge on any atom is 0.230 e. The van der Waals surface area contributed by atoms with Gasteiger partial charge in [0.05, 0.1) is 5.75 Å². The molecule has 0 atom stereocenters. The van der Waals surface area contributed by atoms with E-state index >= 15 is 0 Å². The third-order valence-corrected chi connectivity index (χ3v) is 2.61. The van der Waals surface area contributed by atoms with E-state index in [1.807, 2.05) is 0 Å². The maximum atomic E-state index is 11.2. The number of halogens is 1. The summed E-state index contributed by atoms with van der Waals surface area (Å²) in [6.07, 6.45) is 0.853. The highest BCUT2D eigenvalue weighted by Gasteiger charge is 2.12. The molecule has 0 saturated carbocycles. The predicted octanol–water partition coefficient (Wildman–Crippen LogP) is 1.40. The summed E-state index contributed by atoms with van der Waals surface area (Å²) in [5.74, 6) is 0.641. The molecule has 5 heteroatoms. The van der Waals surface area contributed by atoms with Crippen molar-refractivity contribution in [3.8, 4) is 0 Å². The Labute approximate surface area is 97.0 Å². The molecule has 0 heterocycles. The largest absolute Gasteiger partial charge is 0.355 e. The first-order chi connectivity index (χ1) is 5.95. The molecule has 0 aliphatic heterocycles. The first kappa shape index (κ1) is 16.5. The summed E-state index contributed by atoms with van der Waals surface area (Å²) in [7, 11) is 0. The fraction of sp³-hybridized carbons (Fsp3) is 0.889. The molecule has 3 nitrogen and oxygen atoms in total. The molecule has 0 fully saturated rings. The Morgan fingerprint density at radius 2 is 2.00 bits per heavy atom. The number of nitrogens with one attached hydrogen (secondary N) is 1. The van der Waals surface area contributed by atoms with Crippen LogP contribution in [0, 0.1) is 0 Å². The third kappa shape index (κ3) is 12.1. The van der Waals surface area contributed by atoms with Crippen molar-refractivity contribution in [3.05, 3.63) is 0 Å². The lowest BCUT2D eigenvalue weighted by molar-refractivity contribution is -0.118. The lowest BCUT2D eigenvalue weighted by atomic mass is 10.3. The lowest BCUT2D eigenvalue weighted by Gasteiger charge is -2.16. The number of amides is 1. The van der Waals surface area contributed by atoms with E-state index < -0.39 is 0 Å². The Balaban J connectivity index is 0. The van der Waals surface area contributed by atoms with Gasteiger partial charge in [0.25, 0.3) is 0 Å². The molecule has 0 spiro atoms. The maximum absolute atomic E-state index is 11.2. The van der Waals surface area contributed by atoms with Crippen molar-refractivity contribution in [1.82, 2.24) is 5.32 Å². The molecular formula is C9H21ClN2OS. The first-order valence-corrected chi connectivity index (χ1v) is 5.55. The van der Waals surface area contributed by atoms with Crippen LogP contribution in [0.5, 0.6) is 0 Å². The SMILES string of the molecule is CC(C)(C)SCC(=O)NCCCN.Cl. The molecule has 0 unspecified atom stereocenters. The van der Waals surface area contributed by atoms with E-state index in [4.69, 9.17) is 5.73 Å². The number of hydrogen-bond acceptors (Lipinski definition) is 3. The van der Waals surface area contributed by atoms with Crippen molar-refractivity contribution in [2.24, 2.45) is 5.73 Å². The van der Waals surface area contributed by atoms with Gasteiger partial charge in [-0.3, -0.25) is 4.79 Å². The van der Waals surface area contributed by atoms with Crippen LogP contribution in [0.2, 0.25) is 0 Å². The van der Waals surface area contributed by atoms with Crippen LogP contribution >= 0.6 is 24.2 Å². The summed E-state index contributed by atoms with van der Waals surface area (Å²) >= 11 is 1.66. The third-order valence-electron chi connectivity index (χ3n) is 1.34. The smallest absolute Gasteiger partial charge is 0.230 e. The fourth-order valence-corrected chi connectivity index (χ4v) is 1.33. The zero-order valence-corrected chi connectivity index (χ0v) is 10.8. The molecule has 0 radical (unpaired) electrons. The van der Waals surface area contributed by atoms with Gasteiger partial charge in [0.1, 0.15) is 0 Å². The van der Waals surface area contributed by atoms with E-state index in [0.717, 1.165) is 6.42 Å². The van der Waals surface area contributed by atoms with Crippen LogP contribution in [-0.4, -0.2) is 29.5 Å². The van der Waals surface area contributed by atoms with E-state index in [-0.39, 0.29) is 23.1 Å². The molecule has 14 heavy (non-hydrogen) atoms. The molecule has 0 rings (SSSR count). The number of rotatable bonds is 5. The molecule has 86 valence electrons. The highest BCUT2D eigenvalue weighted by molar-refractivity contribution is 8.01. The van der Waals surface area contributed by atoms with E-state index in [1.165, 1.54) is 0 Å². The molecule has 0 aliphatic rings. The molecule has 0 bridgehead atoms. The van der Waals surface area contributed by atoms with Crippen molar-refractivity contribution in [2.45, 2.75) is 31.9 Å². The van der Waals surface area contributed by atoms with Gasteiger partial charge in [-0.15, -0.1) is 24.2 Å². The van der Waals surface area contributed by atoms with Crippen LogP contribution in [-0.2, 0) is 4.79 Å². The lowest BCUT2D eigenvalue weighted by Crippen LogP contribution is -2.28. The number of nitrogens with two attached hydrogens (primary N) is 1. The molecule has 3 N–H and O–H groups in total. The van der Waals surface area contributed by atoms with Gasteiger partial charge in [-0.1, -0.05) is 20.8 Å². The predicted molar refractivity (Wildman–Crippen MR) is 66.1 cm³/mol. The molecule has 0 aromatic heterocycles. The molecular weight excluding hydrogens is 220 g/mol. The van der Waals surface area contributed by atoms with Crippen molar-refractivity contribution in [1.29, 1.82) is 0 Å². The minimum Gasteiger partial charge on any atom is -0.355 e. The van der Waals surface area contributed by atoms with Crippen LogP contribution in [0.3, 0.4) is 0 Å². The second kappa shape index (κ2) is 8.38. The molecule has 0 saturated heterocycles. The molecule has 0 aromatic carbocycles. The highest BCUT2D eigenvalue weighted by atomic mass is 35.5. The monoisotopic (exact) mass is 240 g/mol. The van der Waals surface area contributed by atoms with E-state index in [0.29, 0.717) is 18.8 Å². The number of thioether (sulfide) groups is 1. The van der Waals surface area contributed by atoms with Gasteiger partial charge in [-0.25, -0.2) is 0 Å². The van der Waals surface area contributed by atoms with Gasteiger partial charge in [0.2, 0.25) is 5.91 Å². The standard InChI is InChI=1S/C9H20N2OS.ClH/c1-9(2,3)13-7-8(12)11-6-4-5-10;/h4-7,10H2,1-3H3,(H,11,12);1H. The average Bonchev–Trinajstić information content (AvgIpc) is 2.00. The Bertz CT molecular complexity index is 159. The highest BCUT2D eigenvalue weighted by Crippen LogP contribution is 2.22. The van der Waals surface area contributed by atoms with E-state index in [9.17, 15) is 4.79 Å². The van der Waals surface area contributed by atoms with Crippen LogP contribution in [0.25, 0.3) is 0 Å². The van der Waals surface area contributed by atoms with Crippen LogP contribution < -0.4 is 11.1 Å². The summed E-state index contributed by atoms with van der Waals surface area (Å²) in [5.41, 5.74) is 5.30. The quantitative estimate of drug-likeness (QED) is 0.715. The summed E-state index contributed by atoms with van der Waals surface area (Å²) in [4.78, 5) is 11.2. The summed E-state index contributed by atoms with van der Waals surface area (Å²) in [6, 6.07) is 0. The van der Waals surface area contributed by atoms with Crippen LogP contribution in [0.15, 0.2) is 0 Å². The van der Waals surface area contributed by atoms with Gasteiger partial charge in [0, 0.05) is 11.3 Å². The summed E-state index contributed by atoms with van der Waals surface area (Å²) < 4.78 is 0.158. The van der Waals surface area contributed by atoms with Crippen molar-refractivity contribution in [2.75, 3.05) is 18.8 Å². The number of hydrogen-bond donors (Lipinski definition) is 2.